The monoisotopic (exact) mass is 351 g/mol. The SMILES string of the molecule is Cc1ccc(N2CCC(NCc3ccc4c(c3)CC(C)(C)O4)CC2)nc1. The number of rotatable bonds is 4. The van der Waals surface area contributed by atoms with Gasteiger partial charge in [-0.1, -0.05) is 18.2 Å². The van der Waals surface area contributed by atoms with Crippen LogP contribution in [0.25, 0.3) is 0 Å². The number of fused-ring (bicyclic) bond motifs is 1. The van der Waals surface area contributed by atoms with Gasteiger partial charge in [0.1, 0.15) is 17.2 Å². The van der Waals surface area contributed by atoms with Gasteiger partial charge in [-0.25, -0.2) is 4.98 Å². The molecule has 1 fully saturated rings. The van der Waals surface area contributed by atoms with Gasteiger partial charge in [0.25, 0.3) is 0 Å². The normalized spacial score (nSPS) is 19.3. The van der Waals surface area contributed by atoms with E-state index in [1.807, 2.05) is 6.20 Å². The molecule has 0 amide bonds. The Morgan fingerprint density at radius 3 is 2.73 bits per heavy atom. The molecule has 0 radical (unpaired) electrons. The van der Waals surface area contributed by atoms with Crippen LogP contribution < -0.4 is 15.0 Å². The van der Waals surface area contributed by atoms with E-state index in [4.69, 9.17) is 4.74 Å². The molecule has 0 aliphatic carbocycles. The largest absolute Gasteiger partial charge is 0.487 e. The molecule has 0 spiro atoms. The number of ether oxygens (including phenoxy) is 1. The molecule has 0 saturated carbocycles. The molecule has 2 aliphatic rings. The Kier molecular flexibility index (Phi) is 4.62. The first kappa shape index (κ1) is 17.3. The second-order valence-corrected chi connectivity index (χ2v) is 8.32. The summed E-state index contributed by atoms with van der Waals surface area (Å²) >= 11 is 0. The molecule has 0 bridgehead atoms. The lowest BCUT2D eigenvalue weighted by Gasteiger charge is -2.33. The number of benzene rings is 1. The third-order valence-corrected chi connectivity index (χ3v) is 5.44. The molecule has 26 heavy (non-hydrogen) atoms. The second kappa shape index (κ2) is 6.92. The average Bonchev–Trinajstić information content (AvgIpc) is 2.94. The van der Waals surface area contributed by atoms with E-state index in [0.717, 1.165) is 50.5 Å². The first-order valence-corrected chi connectivity index (χ1v) is 9.70. The Morgan fingerprint density at radius 1 is 1.19 bits per heavy atom. The zero-order chi connectivity index (χ0) is 18.1. The van der Waals surface area contributed by atoms with Crippen molar-refractivity contribution in [3.05, 3.63) is 53.2 Å². The molecule has 2 aliphatic heterocycles. The Bertz CT molecular complexity index is 761. The van der Waals surface area contributed by atoms with Gasteiger partial charge in [0.2, 0.25) is 0 Å². The molecule has 4 rings (SSSR count). The lowest BCUT2D eigenvalue weighted by molar-refractivity contribution is 0.138. The number of hydrogen-bond acceptors (Lipinski definition) is 4. The van der Waals surface area contributed by atoms with Crippen LogP contribution >= 0.6 is 0 Å². The third kappa shape index (κ3) is 3.85. The molecular weight excluding hydrogens is 322 g/mol. The summed E-state index contributed by atoms with van der Waals surface area (Å²) < 4.78 is 5.97. The first-order chi connectivity index (χ1) is 12.5. The van der Waals surface area contributed by atoms with Crippen molar-refractivity contribution in [1.82, 2.24) is 10.3 Å². The van der Waals surface area contributed by atoms with Crippen molar-refractivity contribution >= 4 is 5.82 Å². The van der Waals surface area contributed by atoms with E-state index in [2.05, 4.69) is 66.3 Å². The van der Waals surface area contributed by atoms with Gasteiger partial charge in [-0.05, 0) is 62.4 Å². The summed E-state index contributed by atoms with van der Waals surface area (Å²) in [5, 5.41) is 3.74. The minimum Gasteiger partial charge on any atom is -0.487 e. The van der Waals surface area contributed by atoms with Crippen molar-refractivity contribution < 1.29 is 4.74 Å². The number of pyridine rings is 1. The van der Waals surface area contributed by atoms with Gasteiger partial charge < -0.3 is 15.0 Å². The fourth-order valence-electron chi connectivity index (χ4n) is 3.99. The number of hydrogen-bond donors (Lipinski definition) is 1. The zero-order valence-corrected chi connectivity index (χ0v) is 16.1. The highest BCUT2D eigenvalue weighted by Crippen LogP contribution is 2.35. The summed E-state index contributed by atoms with van der Waals surface area (Å²) in [5.74, 6) is 2.16. The molecule has 4 heteroatoms. The Morgan fingerprint density at radius 2 is 2.00 bits per heavy atom. The standard InChI is InChI=1S/C22H29N3O/c1-16-4-7-21(24-14-16)25-10-8-19(9-11-25)23-15-17-5-6-20-18(12-17)13-22(2,3)26-20/h4-7,12,14,19,23H,8-11,13,15H2,1-3H3. The summed E-state index contributed by atoms with van der Waals surface area (Å²) in [6.07, 6.45) is 5.28. The van der Waals surface area contributed by atoms with Crippen LogP contribution in [0.2, 0.25) is 0 Å². The van der Waals surface area contributed by atoms with Crippen LogP contribution in [-0.4, -0.2) is 29.7 Å². The van der Waals surface area contributed by atoms with Gasteiger partial charge in [-0.2, -0.15) is 0 Å². The van der Waals surface area contributed by atoms with Crippen molar-refractivity contribution in [3.63, 3.8) is 0 Å². The maximum atomic E-state index is 5.97. The van der Waals surface area contributed by atoms with Crippen LogP contribution in [0.15, 0.2) is 36.5 Å². The molecule has 0 atom stereocenters. The number of aromatic nitrogens is 1. The van der Waals surface area contributed by atoms with Gasteiger partial charge in [0, 0.05) is 38.3 Å². The van der Waals surface area contributed by atoms with Crippen LogP contribution in [0.1, 0.15) is 43.4 Å². The topological polar surface area (TPSA) is 37.4 Å². The minimum absolute atomic E-state index is 0.0643. The van der Waals surface area contributed by atoms with E-state index in [0.29, 0.717) is 6.04 Å². The molecular formula is C22H29N3O. The van der Waals surface area contributed by atoms with Crippen LogP contribution in [0, 0.1) is 6.92 Å². The smallest absolute Gasteiger partial charge is 0.128 e. The summed E-state index contributed by atoms with van der Waals surface area (Å²) in [5.41, 5.74) is 3.85. The number of aryl methyl sites for hydroxylation is 1. The zero-order valence-electron chi connectivity index (χ0n) is 16.1. The Hall–Kier alpha value is -2.07. The highest BCUT2D eigenvalue weighted by molar-refractivity contribution is 5.42. The van der Waals surface area contributed by atoms with Crippen molar-refractivity contribution in [1.29, 1.82) is 0 Å². The van der Waals surface area contributed by atoms with Crippen molar-refractivity contribution in [2.75, 3.05) is 18.0 Å². The lowest BCUT2D eigenvalue weighted by Crippen LogP contribution is -2.42. The Balaban J connectivity index is 1.28. The summed E-state index contributed by atoms with van der Waals surface area (Å²) in [6.45, 7) is 9.46. The van der Waals surface area contributed by atoms with Crippen molar-refractivity contribution in [3.8, 4) is 5.75 Å². The fraction of sp³-hybridized carbons (Fsp3) is 0.500. The van der Waals surface area contributed by atoms with Gasteiger partial charge in [0.05, 0.1) is 0 Å². The van der Waals surface area contributed by atoms with Crippen LogP contribution in [0.4, 0.5) is 5.82 Å². The molecule has 1 N–H and O–H groups in total. The van der Waals surface area contributed by atoms with E-state index < -0.39 is 0 Å². The first-order valence-electron chi connectivity index (χ1n) is 9.70. The Labute approximate surface area is 156 Å². The molecule has 2 aromatic rings. The van der Waals surface area contributed by atoms with Gasteiger partial charge in [-0.15, -0.1) is 0 Å². The van der Waals surface area contributed by atoms with E-state index in [1.54, 1.807) is 0 Å². The molecule has 3 heterocycles. The van der Waals surface area contributed by atoms with Crippen molar-refractivity contribution in [2.24, 2.45) is 0 Å². The van der Waals surface area contributed by atoms with Gasteiger partial charge in [-0.3, -0.25) is 0 Å². The average molecular weight is 351 g/mol. The molecule has 4 nitrogen and oxygen atoms in total. The third-order valence-electron chi connectivity index (χ3n) is 5.44. The fourth-order valence-corrected chi connectivity index (χ4v) is 3.99. The highest BCUT2D eigenvalue weighted by Gasteiger charge is 2.30. The summed E-state index contributed by atoms with van der Waals surface area (Å²) in [4.78, 5) is 6.95. The van der Waals surface area contributed by atoms with E-state index >= 15 is 0 Å². The molecule has 1 saturated heterocycles. The number of piperidine rings is 1. The van der Waals surface area contributed by atoms with Crippen LogP contribution in [0.3, 0.4) is 0 Å². The van der Waals surface area contributed by atoms with Gasteiger partial charge >= 0.3 is 0 Å². The van der Waals surface area contributed by atoms with Crippen molar-refractivity contribution in [2.45, 2.75) is 58.2 Å². The number of anilines is 1. The summed E-state index contributed by atoms with van der Waals surface area (Å²) in [6, 6.07) is 11.5. The predicted octanol–water partition coefficient (Wildman–Crippen LogP) is 3.86. The van der Waals surface area contributed by atoms with Gasteiger partial charge in [0.15, 0.2) is 0 Å². The predicted molar refractivity (Wildman–Crippen MR) is 106 cm³/mol. The second-order valence-electron chi connectivity index (χ2n) is 8.32. The molecule has 1 aromatic heterocycles. The maximum absolute atomic E-state index is 5.97. The van der Waals surface area contributed by atoms with E-state index in [-0.39, 0.29) is 5.60 Å². The van der Waals surface area contributed by atoms with E-state index in [9.17, 15) is 0 Å². The molecule has 138 valence electrons. The lowest BCUT2D eigenvalue weighted by atomic mass is 10.00. The van der Waals surface area contributed by atoms with Crippen LogP contribution in [-0.2, 0) is 13.0 Å². The highest BCUT2D eigenvalue weighted by atomic mass is 16.5. The maximum Gasteiger partial charge on any atom is 0.128 e. The number of nitrogens with zero attached hydrogens (tertiary/aromatic N) is 2. The molecule has 0 unspecified atom stereocenters. The summed E-state index contributed by atoms with van der Waals surface area (Å²) in [7, 11) is 0. The quantitative estimate of drug-likeness (QED) is 0.907. The number of nitrogens with one attached hydrogen (secondary N) is 1. The van der Waals surface area contributed by atoms with Crippen LogP contribution in [0.5, 0.6) is 5.75 Å². The molecule has 1 aromatic carbocycles. The van der Waals surface area contributed by atoms with E-state index in [1.165, 1.54) is 16.7 Å². The minimum atomic E-state index is -0.0643.